The summed E-state index contributed by atoms with van der Waals surface area (Å²) in [6, 6.07) is 54.7. The van der Waals surface area contributed by atoms with Gasteiger partial charge in [-0.1, -0.05) is 166 Å². The lowest BCUT2D eigenvalue weighted by Crippen LogP contribution is -2.74. The van der Waals surface area contributed by atoms with Gasteiger partial charge in [-0.2, -0.15) is 21.9 Å². The third kappa shape index (κ3) is 7.41. The van der Waals surface area contributed by atoms with Crippen molar-refractivity contribution >= 4 is 41.2 Å². The summed E-state index contributed by atoms with van der Waals surface area (Å²) in [5.41, 5.74) is 5.36. The van der Waals surface area contributed by atoms with Crippen LogP contribution < -0.4 is 27.2 Å². The Labute approximate surface area is 244 Å². The van der Waals surface area contributed by atoms with Crippen molar-refractivity contribution in [2.24, 2.45) is 0 Å². The molecule has 0 aliphatic rings. The van der Waals surface area contributed by atoms with E-state index in [1.54, 1.807) is 5.30 Å². The zero-order chi connectivity index (χ0) is 27.9. The molecule has 0 unspecified atom stereocenters. The van der Waals surface area contributed by atoms with Gasteiger partial charge in [-0.05, 0) is 25.0 Å². The molecule has 0 bridgehead atoms. The molecular weight excluding hydrogens is 498 g/mol. The van der Waals surface area contributed by atoms with Gasteiger partial charge in [-0.25, -0.2) is 0 Å². The Kier molecular flexibility index (Phi) is 11.8. The van der Waals surface area contributed by atoms with Crippen LogP contribution in [0.1, 0.15) is 39.5 Å². The lowest BCUT2D eigenvalue weighted by Gasteiger charge is -2.44. The highest BCUT2D eigenvalue weighted by molar-refractivity contribution is 7.65. The topological polar surface area (TPSA) is 0 Å². The summed E-state index contributed by atoms with van der Waals surface area (Å²) in [4.78, 5) is 0. The zero-order valence-corrected chi connectivity index (χ0v) is 25.3. The second kappa shape index (κ2) is 16.0. The van der Waals surface area contributed by atoms with Crippen LogP contribution in [0, 0.1) is 0 Å². The zero-order valence-electron chi connectivity index (χ0n) is 24.3. The highest BCUT2D eigenvalue weighted by Crippen LogP contribution is 2.36. The van der Waals surface area contributed by atoms with Crippen molar-refractivity contribution in [1.29, 1.82) is 0 Å². The van der Waals surface area contributed by atoms with E-state index in [2.05, 4.69) is 166 Å². The number of hydrogen-bond donors (Lipinski definition) is 0. The van der Waals surface area contributed by atoms with Crippen molar-refractivity contribution in [3.05, 3.63) is 152 Å². The maximum atomic E-state index is 2.33. The predicted octanol–water partition coefficient (Wildman–Crippen LogP) is 7.19. The first-order chi connectivity index (χ1) is 19.8. The average Bonchev–Trinajstić information content (AvgIpc) is 3.04. The number of benzene rings is 5. The molecule has 5 rings (SSSR count). The highest BCUT2D eigenvalue weighted by atomic mass is 31.1. The monoisotopic (exact) mass is 542 g/mol. The van der Waals surface area contributed by atoms with Gasteiger partial charge in [0.25, 0.3) is 0 Å². The van der Waals surface area contributed by atoms with Crippen LogP contribution in [0.3, 0.4) is 0 Å². The fraction of sp³-hybridized carbons (Fsp3) is 0.211. The van der Waals surface area contributed by atoms with Crippen LogP contribution in [-0.2, 0) is 0 Å². The molecule has 0 nitrogen and oxygen atoms in total. The van der Waals surface area contributed by atoms with E-state index in [1.807, 2.05) is 0 Å². The molecule has 204 valence electrons. The number of hydrogen-bond acceptors (Lipinski definition) is 0. The first kappa shape index (κ1) is 29.6. The Balaban J connectivity index is 0.000000212. The second-order valence-electron chi connectivity index (χ2n) is 10.7. The maximum absolute atomic E-state index is 2.33. The molecule has 0 amide bonds. The van der Waals surface area contributed by atoms with Gasteiger partial charge in [-0.15, -0.1) is 0 Å². The number of rotatable bonds is 11. The van der Waals surface area contributed by atoms with Gasteiger partial charge in [0.2, 0.25) is 0 Å². The summed E-state index contributed by atoms with van der Waals surface area (Å²) in [7, 11) is -0.247. The van der Waals surface area contributed by atoms with Gasteiger partial charge in [-0.3, -0.25) is 0 Å². The van der Waals surface area contributed by atoms with Crippen LogP contribution in [0.5, 0.6) is 0 Å². The molecule has 40 heavy (non-hydrogen) atoms. The van der Waals surface area contributed by atoms with Crippen LogP contribution in [0.2, 0.25) is 0 Å². The maximum Gasteiger partial charge on any atom is 0.108 e. The van der Waals surface area contributed by atoms with Gasteiger partial charge in [0.05, 0.1) is 17.6 Å². The lowest BCUT2D eigenvalue weighted by atomic mass is 9.13. The minimum absolute atomic E-state index is 0.247. The Bertz CT molecular complexity index is 1170. The van der Waals surface area contributed by atoms with Gasteiger partial charge in [0.1, 0.15) is 6.15 Å². The van der Waals surface area contributed by atoms with E-state index in [-0.39, 0.29) is 7.92 Å². The molecule has 2 heteroatoms. The first-order valence-electron chi connectivity index (χ1n) is 15.1. The molecule has 0 spiro atoms. The molecule has 0 saturated carbocycles. The molecule has 0 N–H and O–H groups in total. The molecule has 0 atom stereocenters. The van der Waals surface area contributed by atoms with Crippen LogP contribution in [0.4, 0.5) is 0 Å². The van der Waals surface area contributed by atoms with Gasteiger partial charge in [0, 0.05) is 7.92 Å². The minimum Gasteiger partial charge on any atom is -0.195 e. The molecule has 5 aromatic carbocycles. The third-order valence-electron chi connectivity index (χ3n) is 8.04. The van der Waals surface area contributed by atoms with Crippen LogP contribution in [0.15, 0.2) is 152 Å². The third-order valence-corrected chi connectivity index (χ3v) is 11.1. The van der Waals surface area contributed by atoms with E-state index < -0.39 is 6.15 Å². The summed E-state index contributed by atoms with van der Waals surface area (Å²) in [5.74, 6) is 0. The van der Waals surface area contributed by atoms with E-state index in [0.29, 0.717) is 0 Å². The Hall–Kier alpha value is -3.41. The second-order valence-corrected chi connectivity index (χ2v) is 13.5. The Morgan fingerprint density at radius 3 is 0.950 bits per heavy atom. The summed E-state index contributed by atoms with van der Waals surface area (Å²) in [5, 5.41) is 1.64. The smallest absolute Gasteiger partial charge is 0.108 e. The summed E-state index contributed by atoms with van der Waals surface area (Å²) in [6.45, 7) is 4.59. The SMILES string of the molecule is CCCC[PH+](CCCC)c1ccccc1.c1ccc([B-](c2ccccc2)(c2ccccc2)c2ccccc2)cc1. The normalized spacial score (nSPS) is 11.1. The molecule has 0 radical (unpaired) electrons. The fourth-order valence-electron chi connectivity index (χ4n) is 5.99. The highest BCUT2D eigenvalue weighted by Gasteiger charge is 2.31. The van der Waals surface area contributed by atoms with Crippen molar-refractivity contribution < 1.29 is 0 Å². The van der Waals surface area contributed by atoms with Crippen molar-refractivity contribution in [1.82, 2.24) is 0 Å². The van der Waals surface area contributed by atoms with E-state index in [9.17, 15) is 0 Å². The van der Waals surface area contributed by atoms with Gasteiger partial charge < -0.3 is 0 Å². The standard InChI is InChI=1S/C24H20B.C14H23P/c1-5-13-21(14-6-1)25(22-15-7-2-8-16-22,23-17-9-3-10-18-23)24-19-11-4-12-20-24;1-3-5-12-15(13-6-4-2)14-10-8-7-9-11-14/h1-20H;7-11H,3-6,12-13H2,1-2H3/q-1;/p+1. The van der Waals surface area contributed by atoms with E-state index in [1.165, 1.54) is 59.9 Å². The molecule has 0 aromatic heterocycles. The van der Waals surface area contributed by atoms with E-state index in [0.717, 1.165) is 0 Å². The minimum atomic E-state index is -1.22. The van der Waals surface area contributed by atoms with Crippen molar-refractivity contribution in [2.75, 3.05) is 12.3 Å². The molecule has 0 fully saturated rings. The molecule has 0 saturated heterocycles. The predicted molar refractivity (Wildman–Crippen MR) is 184 cm³/mol. The van der Waals surface area contributed by atoms with Crippen LogP contribution in [-0.4, -0.2) is 18.5 Å². The quantitative estimate of drug-likeness (QED) is 0.122. The van der Waals surface area contributed by atoms with Gasteiger partial charge in [0.15, 0.2) is 0 Å². The largest absolute Gasteiger partial charge is 0.195 e. The Morgan fingerprint density at radius 1 is 0.400 bits per heavy atom. The average molecular weight is 543 g/mol. The summed E-state index contributed by atoms with van der Waals surface area (Å²) < 4.78 is 0. The number of unbranched alkanes of at least 4 members (excludes halogenated alkanes) is 2. The molecule has 5 aromatic rings. The van der Waals surface area contributed by atoms with Crippen molar-refractivity contribution in [3.8, 4) is 0 Å². The van der Waals surface area contributed by atoms with Gasteiger partial charge >= 0.3 is 0 Å². The van der Waals surface area contributed by atoms with Crippen LogP contribution in [0.25, 0.3) is 0 Å². The fourth-order valence-corrected chi connectivity index (χ4v) is 9.04. The molecule has 0 aliphatic carbocycles. The molecular formula is C38H44BP. The van der Waals surface area contributed by atoms with Crippen molar-refractivity contribution in [3.63, 3.8) is 0 Å². The molecule has 0 aliphatic heterocycles. The molecule has 0 heterocycles. The lowest BCUT2D eigenvalue weighted by molar-refractivity contribution is 0.871. The first-order valence-corrected chi connectivity index (χ1v) is 17.0. The summed E-state index contributed by atoms with van der Waals surface area (Å²) in [6.07, 6.45) is 7.21. The Morgan fingerprint density at radius 2 is 0.675 bits per heavy atom. The summed E-state index contributed by atoms with van der Waals surface area (Å²) >= 11 is 0. The van der Waals surface area contributed by atoms with E-state index >= 15 is 0 Å². The van der Waals surface area contributed by atoms with E-state index in [4.69, 9.17) is 0 Å². The van der Waals surface area contributed by atoms with Crippen LogP contribution >= 0.6 is 7.92 Å². The van der Waals surface area contributed by atoms with Crippen molar-refractivity contribution in [2.45, 2.75) is 39.5 Å².